The van der Waals surface area contributed by atoms with E-state index in [4.69, 9.17) is 5.11 Å². The van der Waals surface area contributed by atoms with Crippen molar-refractivity contribution in [1.29, 1.82) is 0 Å². The molecule has 1 heterocycles. The van der Waals surface area contributed by atoms with Crippen molar-refractivity contribution in [2.24, 2.45) is 0 Å². The Morgan fingerprint density at radius 1 is 1.58 bits per heavy atom. The molecule has 0 bridgehead atoms. The van der Waals surface area contributed by atoms with Gasteiger partial charge >= 0.3 is 12.0 Å². The van der Waals surface area contributed by atoms with Gasteiger partial charge in [0.05, 0.1) is 6.42 Å². The minimum Gasteiger partial charge on any atom is -0.480 e. The van der Waals surface area contributed by atoms with Crippen LogP contribution in [0.1, 0.15) is 6.42 Å². The molecule has 0 aromatic heterocycles. The Morgan fingerprint density at radius 3 is 2.63 bits per heavy atom. The lowest BCUT2D eigenvalue weighted by molar-refractivity contribution is -0.138. The Hall–Kier alpha value is -2.38. The highest BCUT2D eigenvalue weighted by molar-refractivity contribution is 6.06. The van der Waals surface area contributed by atoms with Gasteiger partial charge in [-0.25, -0.2) is 4.79 Å². The molecule has 1 aliphatic rings. The standard InChI is InChI=1S/C11H15N3O5/c1-3-4-14(6-9(16)17)11(19)12-7-5-8(15)13(2)10(7)18/h3,7H,1,4-6H2,2H3,(H,12,19)(H,16,17). The van der Waals surface area contributed by atoms with Gasteiger partial charge in [-0.1, -0.05) is 6.08 Å². The monoisotopic (exact) mass is 269 g/mol. The van der Waals surface area contributed by atoms with Gasteiger partial charge in [0.15, 0.2) is 0 Å². The summed E-state index contributed by atoms with van der Waals surface area (Å²) in [6.45, 7) is 2.94. The van der Waals surface area contributed by atoms with Crippen molar-refractivity contribution >= 4 is 23.8 Å². The van der Waals surface area contributed by atoms with E-state index in [1.165, 1.54) is 13.1 Å². The van der Waals surface area contributed by atoms with E-state index in [0.29, 0.717) is 0 Å². The first-order valence-corrected chi connectivity index (χ1v) is 5.55. The number of hydrogen-bond acceptors (Lipinski definition) is 4. The fourth-order valence-electron chi connectivity index (χ4n) is 1.65. The molecule has 8 nitrogen and oxygen atoms in total. The highest BCUT2D eigenvalue weighted by atomic mass is 16.4. The number of imide groups is 1. The van der Waals surface area contributed by atoms with Gasteiger partial charge in [-0.15, -0.1) is 6.58 Å². The molecule has 0 aromatic carbocycles. The first kappa shape index (κ1) is 14.7. The summed E-state index contributed by atoms with van der Waals surface area (Å²) in [5, 5.41) is 11.0. The number of amides is 4. The zero-order valence-electron chi connectivity index (χ0n) is 10.5. The van der Waals surface area contributed by atoms with E-state index in [0.717, 1.165) is 9.80 Å². The molecule has 0 saturated carbocycles. The third-order valence-corrected chi connectivity index (χ3v) is 2.64. The summed E-state index contributed by atoms with van der Waals surface area (Å²) in [5.74, 6) is -2.07. The number of hydrogen-bond donors (Lipinski definition) is 2. The number of likely N-dealkylation sites (N-methyl/N-ethyl adjacent to an activating group) is 1. The summed E-state index contributed by atoms with van der Waals surface area (Å²) in [4.78, 5) is 47.2. The summed E-state index contributed by atoms with van der Waals surface area (Å²) in [7, 11) is 1.33. The van der Waals surface area contributed by atoms with Gasteiger partial charge < -0.3 is 15.3 Å². The van der Waals surface area contributed by atoms with Gasteiger partial charge in [0.2, 0.25) is 5.91 Å². The lowest BCUT2D eigenvalue weighted by Crippen LogP contribution is -2.49. The van der Waals surface area contributed by atoms with Gasteiger partial charge in [0, 0.05) is 13.6 Å². The van der Waals surface area contributed by atoms with Crippen LogP contribution in [0.2, 0.25) is 0 Å². The minimum absolute atomic E-state index is 0.0306. The molecule has 0 aliphatic carbocycles. The molecule has 1 fully saturated rings. The molecule has 0 spiro atoms. The number of carbonyl (C=O) groups is 4. The van der Waals surface area contributed by atoms with Crippen molar-refractivity contribution in [1.82, 2.24) is 15.1 Å². The van der Waals surface area contributed by atoms with Gasteiger partial charge in [-0.05, 0) is 0 Å². The number of nitrogens with one attached hydrogen (secondary N) is 1. The summed E-state index contributed by atoms with van der Waals surface area (Å²) < 4.78 is 0. The van der Waals surface area contributed by atoms with E-state index >= 15 is 0 Å². The van der Waals surface area contributed by atoms with Gasteiger partial charge in [-0.3, -0.25) is 19.3 Å². The number of carbonyl (C=O) groups excluding carboxylic acids is 3. The van der Waals surface area contributed by atoms with Crippen LogP contribution in [0.3, 0.4) is 0 Å². The third-order valence-electron chi connectivity index (χ3n) is 2.64. The van der Waals surface area contributed by atoms with Crippen LogP contribution in [0.4, 0.5) is 4.79 Å². The number of aliphatic carboxylic acids is 1. The zero-order valence-corrected chi connectivity index (χ0v) is 10.5. The fourth-order valence-corrected chi connectivity index (χ4v) is 1.65. The quantitative estimate of drug-likeness (QED) is 0.493. The SMILES string of the molecule is C=CCN(CC(=O)O)C(=O)NC1CC(=O)N(C)C1=O. The molecule has 8 heteroatoms. The molecule has 1 saturated heterocycles. The van der Waals surface area contributed by atoms with Gasteiger partial charge in [0.1, 0.15) is 12.6 Å². The van der Waals surface area contributed by atoms with Crippen molar-refractivity contribution in [3.63, 3.8) is 0 Å². The zero-order chi connectivity index (χ0) is 14.6. The van der Waals surface area contributed by atoms with Crippen LogP contribution in [0.5, 0.6) is 0 Å². The Labute approximate surface area is 109 Å². The largest absolute Gasteiger partial charge is 0.480 e. The summed E-state index contributed by atoms with van der Waals surface area (Å²) >= 11 is 0. The number of nitrogens with zero attached hydrogens (tertiary/aromatic N) is 2. The van der Waals surface area contributed by atoms with E-state index in [1.54, 1.807) is 0 Å². The minimum atomic E-state index is -1.18. The Morgan fingerprint density at radius 2 is 2.21 bits per heavy atom. The molecule has 1 aliphatic heterocycles. The van der Waals surface area contributed by atoms with Crippen molar-refractivity contribution in [2.75, 3.05) is 20.1 Å². The number of carboxylic acids is 1. The summed E-state index contributed by atoms with van der Waals surface area (Å²) in [6, 6.07) is -1.66. The lowest BCUT2D eigenvalue weighted by atomic mass is 10.2. The van der Waals surface area contributed by atoms with E-state index < -0.39 is 30.5 Å². The molecule has 2 N–H and O–H groups in total. The van der Waals surface area contributed by atoms with Crippen LogP contribution in [-0.4, -0.2) is 64.9 Å². The van der Waals surface area contributed by atoms with Crippen LogP contribution in [0, 0.1) is 0 Å². The predicted molar refractivity (Wildman–Crippen MR) is 64.1 cm³/mol. The topological polar surface area (TPSA) is 107 Å². The molecular formula is C11H15N3O5. The number of rotatable bonds is 5. The lowest BCUT2D eigenvalue weighted by Gasteiger charge is -2.21. The van der Waals surface area contributed by atoms with E-state index in [-0.39, 0.29) is 18.9 Å². The summed E-state index contributed by atoms with van der Waals surface area (Å²) in [6.07, 6.45) is 1.26. The van der Waals surface area contributed by atoms with Gasteiger partial charge in [-0.2, -0.15) is 0 Å². The molecule has 1 rings (SSSR count). The van der Waals surface area contributed by atoms with Crippen LogP contribution >= 0.6 is 0 Å². The smallest absolute Gasteiger partial charge is 0.323 e. The van der Waals surface area contributed by atoms with Crippen LogP contribution in [0.25, 0.3) is 0 Å². The number of urea groups is 1. The maximum absolute atomic E-state index is 11.8. The van der Waals surface area contributed by atoms with Crippen LogP contribution < -0.4 is 5.32 Å². The second-order valence-electron chi connectivity index (χ2n) is 4.06. The first-order chi connectivity index (χ1) is 8.86. The molecular weight excluding hydrogens is 254 g/mol. The molecule has 19 heavy (non-hydrogen) atoms. The number of likely N-dealkylation sites (tertiary alicyclic amines) is 1. The molecule has 1 unspecified atom stereocenters. The van der Waals surface area contributed by atoms with Crippen molar-refractivity contribution in [3.8, 4) is 0 Å². The predicted octanol–water partition coefficient (Wildman–Crippen LogP) is -0.974. The van der Waals surface area contributed by atoms with E-state index in [1.807, 2.05) is 0 Å². The second-order valence-corrected chi connectivity index (χ2v) is 4.06. The number of carboxylic acid groups (broad SMARTS) is 1. The maximum atomic E-state index is 11.8. The molecule has 4 amide bonds. The Balaban J connectivity index is 2.66. The molecule has 0 aromatic rings. The Kier molecular flexibility index (Phi) is 4.62. The normalized spacial score (nSPS) is 18.4. The van der Waals surface area contributed by atoms with Crippen LogP contribution in [0.15, 0.2) is 12.7 Å². The molecule has 104 valence electrons. The Bertz CT molecular complexity index is 434. The van der Waals surface area contributed by atoms with E-state index in [9.17, 15) is 19.2 Å². The van der Waals surface area contributed by atoms with Crippen molar-refractivity contribution in [2.45, 2.75) is 12.5 Å². The third kappa shape index (κ3) is 3.54. The highest BCUT2D eigenvalue weighted by Crippen LogP contribution is 2.10. The van der Waals surface area contributed by atoms with Crippen molar-refractivity contribution in [3.05, 3.63) is 12.7 Å². The van der Waals surface area contributed by atoms with Crippen LogP contribution in [-0.2, 0) is 14.4 Å². The average Bonchev–Trinajstić information content (AvgIpc) is 2.56. The van der Waals surface area contributed by atoms with E-state index in [2.05, 4.69) is 11.9 Å². The van der Waals surface area contributed by atoms with Gasteiger partial charge in [0.25, 0.3) is 5.91 Å². The first-order valence-electron chi connectivity index (χ1n) is 5.55. The fraction of sp³-hybridized carbons (Fsp3) is 0.455. The molecule has 1 atom stereocenters. The maximum Gasteiger partial charge on any atom is 0.323 e. The summed E-state index contributed by atoms with van der Waals surface area (Å²) in [5.41, 5.74) is 0. The van der Waals surface area contributed by atoms with Crippen molar-refractivity contribution < 1.29 is 24.3 Å². The molecule has 0 radical (unpaired) electrons. The second kappa shape index (κ2) is 5.98. The highest BCUT2D eigenvalue weighted by Gasteiger charge is 2.37. The average molecular weight is 269 g/mol.